The Hall–Kier alpha value is -1.84. The van der Waals surface area contributed by atoms with Crippen LogP contribution in [0.5, 0.6) is 11.5 Å². The van der Waals surface area contributed by atoms with Crippen molar-refractivity contribution in [2.45, 2.75) is 45.4 Å². The molecule has 4 heteroatoms. The van der Waals surface area contributed by atoms with Crippen LogP contribution in [0.3, 0.4) is 0 Å². The van der Waals surface area contributed by atoms with E-state index in [9.17, 15) is 19.8 Å². The van der Waals surface area contributed by atoms with E-state index in [4.69, 9.17) is 0 Å². The highest BCUT2D eigenvalue weighted by Gasteiger charge is 2.55. The Labute approximate surface area is 123 Å². The van der Waals surface area contributed by atoms with Crippen molar-refractivity contribution in [3.63, 3.8) is 0 Å². The summed E-state index contributed by atoms with van der Waals surface area (Å²) in [7, 11) is 0. The summed E-state index contributed by atoms with van der Waals surface area (Å²) in [6.07, 6.45) is 1.39. The first-order chi connectivity index (χ1) is 9.69. The molecule has 0 spiro atoms. The summed E-state index contributed by atoms with van der Waals surface area (Å²) < 4.78 is 0. The quantitative estimate of drug-likeness (QED) is 0.720. The number of phenols is 2. The Balaban J connectivity index is 2.25. The zero-order valence-electron chi connectivity index (χ0n) is 12.6. The zero-order chi connectivity index (χ0) is 15.6. The molecule has 3 rings (SSSR count). The van der Waals surface area contributed by atoms with Gasteiger partial charge in [-0.25, -0.2) is 0 Å². The van der Waals surface area contributed by atoms with Gasteiger partial charge in [0.1, 0.15) is 5.78 Å². The molecule has 0 bridgehead atoms. The van der Waals surface area contributed by atoms with E-state index in [1.165, 1.54) is 6.07 Å². The average Bonchev–Trinajstić information content (AvgIpc) is 2.41. The van der Waals surface area contributed by atoms with Crippen LogP contribution in [-0.2, 0) is 10.2 Å². The Morgan fingerprint density at radius 1 is 1.14 bits per heavy atom. The second-order valence-electron chi connectivity index (χ2n) is 7.10. The number of Topliss-reactive ketones (excluding diaryl/α,β-unsaturated/α-hetero) is 2. The minimum Gasteiger partial charge on any atom is -0.504 e. The number of benzene rings is 1. The summed E-state index contributed by atoms with van der Waals surface area (Å²) >= 11 is 0. The van der Waals surface area contributed by atoms with Crippen LogP contribution in [0.25, 0.3) is 0 Å². The smallest absolute Gasteiger partial charge is 0.168 e. The van der Waals surface area contributed by atoms with Crippen molar-refractivity contribution >= 4 is 11.6 Å². The van der Waals surface area contributed by atoms with E-state index in [-0.39, 0.29) is 46.4 Å². The highest BCUT2D eigenvalue weighted by Crippen LogP contribution is 2.57. The molecule has 2 N–H and O–H groups in total. The molecule has 2 aliphatic carbocycles. The molecule has 0 radical (unpaired) electrons. The molecule has 1 aromatic carbocycles. The van der Waals surface area contributed by atoms with Gasteiger partial charge >= 0.3 is 0 Å². The second kappa shape index (κ2) is 4.09. The summed E-state index contributed by atoms with van der Waals surface area (Å²) in [6.45, 7) is 5.89. The summed E-state index contributed by atoms with van der Waals surface area (Å²) in [5.41, 5.74) is 0.123. The third-order valence-corrected chi connectivity index (χ3v) is 5.67. The van der Waals surface area contributed by atoms with Gasteiger partial charge in [-0.3, -0.25) is 9.59 Å². The maximum absolute atomic E-state index is 12.5. The average molecular weight is 288 g/mol. The molecule has 0 aliphatic heterocycles. The van der Waals surface area contributed by atoms with Crippen LogP contribution in [0.2, 0.25) is 0 Å². The lowest BCUT2D eigenvalue weighted by atomic mass is 9.49. The lowest BCUT2D eigenvalue weighted by molar-refractivity contribution is -0.136. The summed E-state index contributed by atoms with van der Waals surface area (Å²) in [6, 6.07) is 3.15. The Kier molecular flexibility index (Phi) is 2.75. The van der Waals surface area contributed by atoms with Crippen LogP contribution >= 0.6 is 0 Å². The molecule has 1 aromatic rings. The molecule has 0 aromatic heterocycles. The van der Waals surface area contributed by atoms with E-state index >= 15 is 0 Å². The minimum absolute atomic E-state index is 0.0739. The Bertz CT molecular complexity index is 659. The van der Waals surface area contributed by atoms with Crippen molar-refractivity contribution in [1.82, 2.24) is 0 Å². The molecule has 0 saturated heterocycles. The van der Waals surface area contributed by atoms with Gasteiger partial charge in [0, 0.05) is 18.3 Å². The standard InChI is InChI=1S/C17H20O4/c1-16(2)12-8-11(19)14-9(4-5-10(18)15(14)21)17(12,3)7-6-13(16)20/h4-5,12,18,21H,6-8H2,1-3H3/t12?,17-/m1/s1. The number of rotatable bonds is 0. The van der Waals surface area contributed by atoms with E-state index in [2.05, 4.69) is 6.92 Å². The summed E-state index contributed by atoms with van der Waals surface area (Å²) in [5.74, 6) is -0.662. The molecule has 1 unspecified atom stereocenters. The van der Waals surface area contributed by atoms with Gasteiger partial charge in [0.15, 0.2) is 17.3 Å². The van der Waals surface area contributed by atoms with Crippen molar-refractivity contribution in [1.29, 1.82) is 0 Å². The number of hydrogen-bond donors (Lipinski definition) is 2. The van der Waals surface area contributed by atoms with E-state index < -0.39 is 5.41 Å². The molecule has 2 atom stereocenters. The molecule has 0 amide bonds. The van der Waals surface area contributed by atoms with E-state index in [0.29, 0.717) is 12.8 Å². The van der Waals surface area contributed by atoms with Gasteiger partial charge in [-0.15, -0.1) is 0 Å². The largest absolute Gasteiger partial charge is 0.504 e. The maximum Gasteiger partial charge on any atom is 0.168 e. The highest BCUT2D eigenvalue weighted by atomic mass is 16.3. The minimum atomic E-state index is -0.548. The first-order valence-corrected chi connectivity index (χ1v) is 7.31. The van der Waals surface area contributed by atoms with Crippen molar-refractivity contribution in [3.8, 4) is 11.5 Å². The lowest BCUT2D eigenvalue weighted by Crippen LogP contribution is -2.53. The first-order valence-electron chi connectivity index (χ1n) is 7.31. The van der Waals surface area contributed by atoms with Gasteiger partial charge in [-0.05, 0) is 29.4 Å². The normalized spacial score (nSPS) is 30.7. The van der Waals surface area contributed by atoms with Crippen LogP contribution in [0.1, 0.15) is 56.0 Å². The monoisotopic (exact) mass is 288 g/mol. The molecule has 21 heavy (non-hydrogen) atoms. The molecular formula is C17H20O4. The number of carbonyl (C=O) groups excluding carboxylic acids is 2. The van der Waals surface area contributed by atoms with Gasteiger partial charge in [0.2, 0.25) is 0 Å². The Morgan fingerprint density at radius 3 is 2.48 bits per heavy atom. The third kappa shape index (κ3) is 1.68. The molecular weight excluding hydrogens is 268 g/mol. The number of fused-ring (bicyclic) bond motifs is 3. The van der Waals surface area contributed by atoms with Crippen LogP contribution in [0, 0.1) is 11.3 Å². The topological polar surface area (TPSA) is 74.6 Å². The van der Waals surface area contributed by atoms with Crippen LogP contribution in [0.15, 0.2) is 12.1 Å². The lowest BCUT2D eigenvalue weighted by Gasteiger charge is -2.52. The first kappa shape index (κ1) is 14.1. The van der Waals surface area contributed by atoms with E-state index in [0.717, 1.165) is 5.56 Å². The Morgan fingerprint density at radius 2 is 1.81 bits per heavy atom. The van der Waals surface area contributed by atoms with E-state index in [1.807, 2.05) is 13.8 Å². The van der Waals surface area contributed by atoms with Gasteiger partial charge in [0.05, 0.1) is 5.56 Å². The molecule has 2 aliphatic rings. The second-order valence-corrected chi connectivity index (χ2v) is 7.10. The fourth-order valence-corrected chi connectivity index (χ4v) is 4.29. The van der Waals surface area contributed by atoms with E-state index in [1.54, 1.807) is 6.07 Å². The molecule has 1 saturated carbocycles. The number of ketones is 2. The van der Waals surface area contributed by atoms with Gasteiger partial charge in [-0.1, -0.05) is 26.8 Å². The number of phenolic OH excluding ortho intramolecular Hbond substituents is 2. The van der Waals surface area contributed by atoms with Crippen molar-refractivity contribution in [2.75, 3.05) is 0 Å². The van der Waals surface area contributed by atoms with Crippen molar-refractivity contribution < 1.29 is 19.8 Å². The van der Waals surface area contributed by atoms with Crippen LogP contribution in [-0.4, -0.2) is 21.8 Å². The van der Waals surface area contributed by atoms with Gasteiger partial charge in [0.25, 0.3) is 0 Å². The van der Waals surface area contributed by atoms with Crippen LogP contribution in [0.4, 0.5) is 0 Å². The predicted molar refractivity (Wildman–Crippen MR) is 77.6 cm³/mol. The predicted octanol–water partition coefficient (Wildman–Crippen LogP) is 2.95. The zero-order valence-corrected chi connectivity index (χ0v) is 12.6. The summed E-state index contributed by atoms with van der Waals surface area (Å²) in [4.78, 5) is 24.7. The molecule has 0 heterocycles. The number of hydrogen-bond acceptors (Lipinski definition) is 4. The van der Waals surface area contributed by atoms with Gasteiger partial charge in [-0.2, -0.15) is 0 Å². The number of carbonyl (C=O) groups is 2. The SMILES string of the molecule is CC1(C)C(=O)CC[C@]2(C)c3ccc(O)c(O)c3C(=O)CC12. The highest BCUT2D eigenvalue weighted by molar-refractivity contribution is 6.03. The molecule has 4 nitrogen and oxygen atoms in total. The summed E-state index contributed by atoms with van der Waals surface area (Å²) in [5, 5.41) is 19.7. The van der Waals surface area contributed by atoms with Crippen molar-refractivity contribution in [2.24, 2.45) is 11.3 Å². The van der Waals surface area contributed by atoms with Gasteiger partial charge < -0.3 is 10.2 Å². The maximum atomic E-state index is 12.5. The fraction of sp³-hybridized carbons (Fsp3) is 0.529. The fourth-order valence-electron chi connectivity index (χ4n) is 4.29. The molecule has 112 valence electrons. The molecule has 1 fully saturated rings. The van der Waals surface area contributed by atoms with Crippen molar-refractivity contribution in [3.05, 3.63) is 23.3 Å². The van der Waals surface area contributed by atoms with Crippen LogP contribution < -0.4 is 0 Å². The third-order valence-electron chi connectivity index (χ3n) is 5.67. The number of aromatic hydroxyl groups is 2.